The summed E-state index contributed by atoms with van der Waals surface area (Å²) in [5.74, 6) is 1.14. The van der Waals surface area contributed by atoms with E-state index in [9.17, 15) is 4.79 Å². The van der Waals surface area contributed by atoms with Gasteiger partial charge in [-0.05, 0) is 31.6 Å². The summed E-state index contributed by atoms with van der Waals surface area (Å²) in [7, 11) is 0. The van der Waals surface area contributed by atoms with E-state index in [1.807, 2.05) is 0 Å². The number of carbonyl (C=O) groups excluding carboxylic acids is 1. The number of anilines is 2. The van der Waals surface area contributed by atoms with Crippen LogP contribution in [0.25, 0.3) is 0 Å². The Labute approximate surface area is 123 Å². The van der Waals surface area contributed by atoms with Gasteiger partial charge in [-0.1, -0.05) is 24.2 Å². The van der Waals surface area contributed by atoms with Gasteiger partial charge in [-0.3, -0.25) is 4.79 Å². The van der Waals surface area contributed by atoms with E-state index in [1.165, 1.54) is 43.4 Å². The number of amides is 1. The second kappa shape index (κ2) is 5.99. The van der Waals surface area contributed by atoms with Crippen molar-refractivity contribution >= 4 is 28.2 Å². The van der Waals surface area contributed by atoms with E-state index < -0.39 is 0 Å². The maximum atomic E-state index is 12.1. The van der Waals surface area contributed by atoms with E-state index in [2.05, 4.69) is 15.2 Å². The number of piperidine rings is 1. The highest BCUT2D eigenvalue weighted by atomic mass is 32.1. The molecule has 1 aliphatic carbocycles. The van der Waals surface area contributed by atoms with Gasteiger partial charge in [0.15, 0.2) is 5.13 Å². The van der Waals surface area contributed by atoms with E-state index >= 15 is 0 Å². The number of nitrogens with one attached hydrogen (secondary N) is 1. The van der Waals surface area contributed by atoms with Crippen molar-refractivity contribution in [1.29, 1.82) is 0 Å². The van der Waals surface area contributed by atoms with Gasteiger partial charge < -0.3 is 16.0 Å². The molecule has 2 heterocycles. The highest BCUT2D eigenvalue weighted by molar-refractivity contribution is 7.18. The van der Waals surface area contributed by atoms with Gasteiger partial charge >= 0.3 is 0 Å². The lowest BCUT2D eigenvalue weighted by Gasteiger charge is -2.25. The molecular weight excluding hydrogens is 272 g/mol. The minimum atomic E-state index is -0.0658. The summed E-state index contributed by atoms with van der Waals surface area (Å²) in [4.78, 5) is 19.3. The van der Waals surface area contributed by atoms with Crippen molar-refractivity contribution in [3.63, 3.8) is 0 Å². The van der Waals surface area contributed by atoms with Gasteiger partial charge in [-0.15, -0.1) is 0 Å². The topological polar surface area (TPSA) is 71.2 Å². The Morgan fingerprint density at radius 3 is 2.80 bits per heavy atom. The first-order chi connectivity index (χ1) is 9.74. The lowest BCUT2D eigenvalue weighted by atomic mass is 10.1. The summed E-state index contributed by atoms with van der Waals surface area (Å²) in [6.07, 6.45) is 7.40. The van der Waals surface area contributed by atoms with Crippen molar-refractivity contribution in [1.82, 2.24) is 10.3 Å². The molecule has 0 aromatic carbocycles. The van der Waals surface area contributed by atoms with Crippen LogP contribution in [0.2, 0.25) is 0 Å². The monoisotopic (exact) mass is 294 g/mol. The first-order valence-corrected chi connectivity index (χ1v) is 8.35. The highest BCUT2D eigenvalue weighted by Crippen LogP contribution is 2.32. The van der Waals surface area contributed by atoms with E-state index in [-0.39, 0.29) is 5.91 Å². The average molecular weight is 294 g/mol. The summed E-state index contributed by atoms with van der Waals surface area (Å²) < 4.78 is 0. The van der Waals surface area contributed by atoms with Gasteiger partial charge in [-0.25, -0.2) is 4.98 Å². The number of thiazole rings is 1. The van der Waals surface area contributed by atoms with Crippen LogP contribution in [0, 0.1) is 5.92 Å². The van der Waals surface area contributed by atoms with Crippen molar-refractivity contribution in [3.8, 4) is 0 Å². The first-order valence-electron chi connectivity index (χ1n) is 7.53. The molecule has 3 N–H and O–H groups in total. The number of hydrogen-bond acceptors (Lipinski definition) is 5. The predicted molar refractivity (Wildman–Crippen MR) is 82.3 cm³/mol. The Kier molecular flexibility index (Phi) is 4.10. The van der Waals surface area contributed by atoms with Crippen LogP contribution in [0.1, 0.15) is 48.2 Å². The molecule has 0 atom stereocenters. The third-order valence-electron chi connectivity index (χ3n) is 4.01. The van der Waals surface area contributed by atoms with Crippen molar-refractivity contribution in [2.45, 2.75) is 38.5 Å². The number of nitrogen functional groups attached to an aromatic ring is 1. The SMILES string of the molecule is Nc1nc(N2CCCCC2)sc1C(=O)NCCC1CC1. The van der Waals surface area contributed by atoms with Gasteiger partial charge in [-0.2, -0.15) is 0 Å². The van der Waals surface area contributed by atoms with Gasteiger partial charge in [0.1, 0.15) is 10.7 Å². The van der Waals surface area contributed by atoms with Crippen LogP contribution in [0.3, 0.4) is 0 Å². The summed E-state index contributed by atoms with van der Waals surface area (Å²) in [6.45, 7) is 2.80. The quantitative estimate of drug-likeness (QED) is 0.873. The molecule has 20 heavy (non-hydrogen) atoms. The number of aromatic nitrogens is 1. The number of nitrogens with zero attached hydrogens (tertiary/aromatic N) is 2. The van der Waals surface area contributed by atoms with Gasteiger partial charge in [0, 0.05) is 19.6 Å². The molecule has 0 spiro atoms. The normalized spacial score (nSPS) is 19.1. The Balaban J connectivity index is 1.59. The van der Waals surface area contributed by atoms with Gasteiger partial charge in [0.2, 0.25) is 0 Å². The fourth-order valence-corrected chi connectivity index (χ4v) is 3.53. The second-order valence-corrected chi connectivity index (χ2v) is 6.72. The molecule has 1 amide bonds. The van der Waals surface area contributed by atoms with Crippen molar-refractivity contribution < 1.29 is 4.79 Å². The molecule has 3 rings (SSSR count). The van der Waals surface area contributed by atoms with Gasteiger partial charge in [0.25, 0.3) is 5.91 Å². The average Bonchev–Trinajstić information content (AvgIpc) is 3.20. The Morgan fingerprint density at radius 1 is 1.35 bits per heavy atom. The Morgan fingerprint density at radius 2 is 2.10 bits per heavy atom. The second-order valence-electron chi connectivity index (χ2n) is 5.75. The first kappa shape index (κ1) is 13.7. The third kappa shape index (κ3) is 3.23. The van der Waals surface area contributed by atoms with Crippen LogP contribution in [0.15, 0.2) is 0 Å². The molecule has 0 radical (unpaired) electrons. The molecule has 1 aromatic rings. The van der Waals surface area contributed by atoms with Crippen LogP contribution >= 0.6 is 11.3 Å². The van der Waals surface area contributed by atoms with E-state index in [0.717, 1.165) is 37.1 Å². The van der Waals surface area contributed by atoms with Crippen LogP contribution in [0.5, 0.6) is 0 Å². The zero-order valence-electron chi connectivity index (χ0n) is 11.7. The molecule has 2 fully saturated rings. The molecule has 1 saturated heterocycles. The molecular formula is C14H22N4OS. The van der Waals surface area contributed by atoms with Crippen molar-refractivity contribution in [3.05, 3.63) is 4.88 Å². The molecule has 0 unspecified atom stereocenters. The fraction of sp³-hybridized carbons (Fsp3) is 0.714. The highest BCUT2D eigenvalue weighted by Gasteiger charge is 2.23. The van der Waals surface area contributed by atoms with E-state index in [1.54, 1.807) is 0 Å². The van der Waals surface area contributed by atoms with Crippen LogP contribution in [0.4, 0.5) is 10.9 Å². The van der Waals surface area contributed by atoms with Crippen molar-refractivity contribution in [2.75, 3.05) is 30.3 Å². The number of hydrogen-bond donors (Lipinski definition) is 2. The summed E-state index contributed by atoms with van der Waals surface area (Å²) in [5, 5.41) is 3.86. The molecule has 110 valence electrons. The summed E-state index contributed by atoms with van der Waals surface area (Å²) in [6, 6.07) is 0. The molecule has 2 aliphatic rings. The minimum Gasteiger partial charge on any atom is -0.382 e. The van der Waals surface area contributed by atoms with E-state index in [0.29, 0.717) is 10.7 Å². The lowest BCUT2D eigenvalue weighted by molar-refractivity contribution is 0.0957. The number of nitrogens with two attached hydrogens (primary N) is 1. The Bertz CT molecular complexity index is 478. The number of carbonyl (C=O) groups is 1. The molecule has 1 aliphatic heterocycles. The summed E-state index contributed by atoms with van der Waals surface area (Å²) >= 11 is 1.43. The van der Waals surface area contributed by atoms with Crippen LogP contribution in [-0.2, 0) is 0 Å². The number of rotatable bonds is 5. The molecule has 1 saturated carbocycles. The van der Waals surface area contributed by atoms with Crippen LogP contribution < -0.4 is 16.0 Å². The maximum absolute atomic E-state index is 12.1. The fourth-order valence-electron chi connectivity index (χ4n) is 2.58. The van der Waals surface area contributed by atoms with Crippen molar-refractivity contribution in [2.24, 2.45) is 5.92 Å². The van der Waals surface area contributed by atoms with Crippen LogP contribution in [-0.4, -0.2) is 30.5 Å². The zero-order valence-corrected chi connectivity index (χ0v) is 12.5. The predicted octanol–water partition coefficient (Wildman–Crippen LogP) is 2.25. The standard InChI is InChI=1S/C14H22N4OS/c15-12-11(13(19)16-7-6-10-4-5-10)20-14(17-12)18-8-2-1-3-9-18/h10H,1-9,15H2,(H,16,19). The molecule has 5 nitrogen and oxygen atoms in total. The maximum Gasteiger partial charge on any atom is 0.265 e. The summed E-state index contributed by atoms with van der Waals surface area (Å²) in [5.41, 5.74) is 5.90. The Hall–Kier alpha value is -1.30. The third-order valence-corrected chi connectivity index (χ3v) is 5.14. The van der Waals surface area contributed by atoms with Gasteiger partial charge in [0.05, 0.1) is 0 Å². The zero-order chi connectivity index (χ0) is 13.9. The van der Waals surface area contributed by atoms with E-state index in [4.69, 9.17) is 5.73 Å². The smallest absolute Gasteiger partial charge is 0.265 e. The largest absolute Gasteiger partial charge is 0.382 e. The molecule has 1 aromatic heterocycles. The molecule has 6 heteroatoms. The minimum absolute atomic E-state index is 0.0658. The molecule has 0 bridgehead atoms. The lowest BCUT2D eigenvalue weighted by Crippen LogP contribution is -2.29.